The van der Waals surface area contributed by atoms with Gasteiger partial charge in [0.1, 0.15) is 11.8 Å². The van der Waals surface area contributed by atoms with E-state index in [0.717, 1.165) is 32.5 Å². The Hall–Kier alpha value is -3.29. The predicted octanol–water partition coefficient (Wildman–Crippen LogP) is 5.14. The maximum Gasteiger partial charge on any atom is 0.258 e. The van der Waals surface area contributed by atoms with Gasteiger partial charge in [0.05, 0.1) is 12.8 Å². The molecule has 0 aliphatic heterocycles. The molecule has 1 unspecified atom stereocenters. The Bertz CT molecular complexity index is 1480. The number of nitrogens with one attached hydrogen (secondary N) is 2. The number of carbonyl (C=O) groups excluding carboxylic acids is 2. The molecular weight excluding hydrogens is 730 g/mol. The van der Waals surface area contributed by atoms with Gasteiger partial charge in [-0.3, -0.25) is 19.5 Å². The van der Waals surface area contributed by atoms with Crippen LogP contribution >= 0.6 is 56.5 Å². The molecule has 0 radical (unpaired) electrons. The first-order valence-electron chi connectivity index (χ1n) is 11.1. The van der Waals surface area contributed by atoms with Crippen LogP contribution < -0.4 is 10.6 Å². The zero-order chi connectivity index (χ0) is 27.2. The molecule has 0 bridgehead atoms. The number of nitrogens with zero attached hydrogens (tertiary/aromatic N) is 4. The number of rotatable bonds is 8. The number of aromatic nitrogens is 2. The molecule has 192 valence electrons. The van der Waals surface area contributed by atoms with Crippen molar-refractivity contribution in [2.75, 3.05) is 12.4 Å². The summed E-state index contributed by atoms with van der Waals surface area (Å²) in [6, 6.07) is 13.2. The molecule has 2 aromatic heterocycles. The lowest BCUT2D eigenvalue weighted by Crippen LogP contribution is -2.47. The summed E-state index contributed by atoms with van der Waals surface area (Å²) >= 11 is 5.48. The molecule has 0 spiro atoms. The Morgan fingerprint density at radius 1 is 1.13 bits per heavy atom. The first-order valence-corrected chi connectivity index (χ1v) is 14.2. The van der Waals surface area contributed by atoms with E-state index in [9.17, 15) is 20.0 Å². The fourth-order valence-corrected chi connectivity index (χ4v) is 6.15. The smallest absolute Gasteiger partial charge is 0.258 e. The highest BCUT2D eigenvalue weighted by molar-refractivity contribution is 14.1. The second-order valence-electron chi connectivity index (χ2n) is 8.11. The molecule has 9 nitrogen and oxygen atoms in total. The number of benzene rings is 2. The molecule has 4 rings (SSSR count). The number of hydrogen-bond acceptors (Lipinski definition) is 8. The van der Waals surface area contributed by atoms with Crippen molar-refractivity contribution in [3.63, 3.8) is 0 Å². The topological polar surface area (TPSA) is 131 Å². The monoisotopic (exact) mass is 750 g/mol. The van der Waals surface area contributed by atoms with Crippen LogP contribution in [0.3, 0.4) is 0 Å². The van der Waals surface area contributed by atoms with Gasteiger partial charge < -0.3 is 15.7 Å². The zero-order valence-corrected chi connectivity index (χ0v) is 25.0. The summed E-state index contributed by atoms with van der Waals surface area (Å²) in [5, 5.41) is 27.9. The van der Waals surface area contributed by atoms with E-state index in [4.69, 9.17) is 0 Å². The lowest BCUT2D eigenvalue weighted by atomic mass is 10.0. The molecule has 0 aliphatic carbocycles. The van der Waals surface area contributed by atoms with E-state index in [2.05, 4.69) is 20.6 Å². The van der Waals surface area contributed by atoms with Crippen LogP contribution in [-0.4, -0.2) is 44.9 Å². The van der Waals surface area contributed by atoms with E-state index in [1.165, 1.54) is 18.4 Å². The van der Waals surface area contributed by atoms with Crippen LogP contribution in [0.15, 0.2) is 66.3 Å². The third kappa shape index (κ3) is 6.77. The number of amides is 2. The van der Waals surface area contributed by atoms with Gasteiger partial charge in [0.25, 0.3) is 11.8 Å². The van der Waals surface area contributed by atoms with Crippen LogP contribution in [-0.2, 0) is 11.2 Å². The van der Waals surface area contributed by atoms with E-state index in [1.807, 2.05) is 62.7 Å². The van der Waals surface area contributed by atoms with Gasteiger partial charge in [0, 0.05) is 48.1 Å². The quantitative estimate of drug-likeness (QED) is 0.129. The summed E-state index contributed by atoms with van der Waals surface area (Å²) in [5.74, 6) is -0.813. The summed E-state index contributed by atoms with van der Waals surface area (Å²) in [6.45, 7) is 0. The summed E-state index contributed by atoms with van der Waals surface area (Å²) in [5.41, 5.74) is 3.60. The number of phenols is 1. The third-order valence-corrected chi connectivity index (χ3v) is 7.88. The zero-order valence-electron chi connectivity index (χ0n) is 19.9. The van der Waals surface area contributed by atoms with Gasteiger partial charge >= 0.3 is 0 Å². The lowest BCUT2D eigenvalue weighted by molar-refractivity contribution is -0.129. The van der Waals surface area contributed by atoms with Crippen LogP contribution in [0, 0.1) is 18.6 Å². The van der Waals surface area contributed by atoms with Crippen molar-refractivity contribution in [3.05, 3.63) is 84.6 Å². The molecule has 2 heterocycles. The summed E-state index contributed by atoms with van der Waals surface area (Å²) in [4.78, 5) is 35.4. The second kappa shape index (κ2) is 12.5. The number of phenolic OH excluding ortho intramolecular Hbond substituents is 1. The average molecular weight is 750 g/mol. The van der Waals surface area contributed by atoms with Crippen molar-refractivity contribution >= 4 is 79.2 Å². The number of halogens is 2. The van der Waals surface area contributed by atoms with Gasteiger partial charge in [-0.15, -0.1) is 11.3 Å². The van der Waals surface area contributed by atoms with Crippen molar-refractivity contribution in [2.45, 2.75) is 12.5 Å². The summed E-state index contributed by atoms with van der Waals surface area (Å²) < 4.78 is 1.26. The van der Waals surface area contributed by atoms with E-state index >= 15 is 0 Å². The van der Waals surface area contributed by atoms with Crippen molar-refractivity contribution in [1.29, 1.82) is 5.26 Å². The number of carbonyl (C=O) groups is 2. The molecule has 0 saturated heterocycles. The number of anilines is 2. The third-order valence-electron chi connectivity index (χ3n) is 5.48. The average Bonchev–Trinajstić information content (AvgIpc) is 3.39. The van der Waals surface area contributed by atoms with Gasteiger partial charge in [-0.2, -0.15) is 5.26 Å². The van der Waals surface area contributed by atoms with Gasteiger partial charge in [0.15, 0.2) is 11.3 Å². The van der Waals surface area contributed by atoms with Crippen molar-refractivity contribution in [1.82, 2.24) is 20.2 Å². The maximum atomic E-state index is 13.1. The Kier molecular flexibility index (Phi) is 9.13. The van der Waals surface area contributed by atoms with Crippen LogP contribution in [0.2, 0.25) is 0 Å². The number of thiazole rings is 1. The molecule has 4 aromatic rings. The number of nitriles is 1. The molecule has 0 fully saturated rings. The fraction of sp³-hybridized carbons (Fsp3) is 0.115. The molecule has 12 heteroatoms. The number of hydrogen-bond donors (Lipinski definition) is 3. The Morgan fingerprint density at radius 3 is 2.42 bits per heavy atom. The van der Waals surface area contributed by atoms with Crippen LogP contribution in [0.4, 0.5) is 10.8 Å². The molecule has 38 heavy (non-hydrogen) atoms. The van der Waals surface area contributed by atoms with Gasteiger partial charge in [-0.05, 0) is 87.1 Å². The highest BCUT2D eigenvalue weighted by Crippen LogP contribution is 2.29. The Labute approximate surface area is 250 Å². The van der Waals surface area contributed by atoms with Crippen LogP contribution in [0.25, 0.3) is 11.3 Å². The highest BCUT2D eigenvalue weighted by atomic mass is 127. The molecule has 0 saturated carbocycles. The van der Waals surface area contributed by atoms with E-state index in [1.54, 1.807) is 55.0 Å². The SMILES string of the molecule is CN(C#N)C(=O)C(Cc1cc(I)c(O)c(I)c1)NC(=O)c1ccc(-c2csc(Nc3ccncc3)n2)cc1. The predicted molar refractivity (Wildman–Crippen MR) is 162 cm³/mol. The molecule has 2 aromatic carbocycles. The largest absolute Gasteiger partial charge is 0.506 e. The summed E-state index contributed by atoms with van der Waals surface area (Å²) in [6.07, 6.45) is 5.35. The molecule has 3 N–H and O–H groups in total. The van der Waals surface area contributed by atoms with Crippen molar-refractivity contribution in [3.8, 4) is 23.2 Å². The van der Waals surface area contributed by atoms with Crippen molar-refractivity contribution < 1.29 is 14.7 Å². The van der Waals surface area contributed by atoms with Gasteiger partial charge in [0.2, 0.25) is 0 Å². The minimum absolute atomic E-state index is 0.160. The first-order chi connectivity index (χ1) is 18.2. The van der Waals surface area contributed by atoms with Crippen LogP contribution in [0.5, 0.6) is 5.75 Å². The first kappa shape index (κ1) is 27.7. The van der Waals surface area contributed by atoms with E-state index in [-0.39, 0.29) is 12.2 Å². The Morgan fingerprint density at radius 2 is 1.79 bits per heavy atom. The molecule has 1 atom stereocenters. The number of pyridine rings is 1. The number of likely N-dealkylation sites (N-methyl/N-ethyl adjacent to an activating group) is 1. The van der Waals surface area contributed by atoms with Crippen LogP contribution in [0.1, 0.15) is 15.9 Å². The van der Waals surface area contributed by atoms with E-state index < -0.39 is 17.9 Å². The molecule has 2 amide bonds. The molecular formula is C26H20I2N6O3S. The number of aromatic hydroxyl groups is 1. The minimum atomic E-state index is -0.969. The van der Waals surface area contributed by atoms with Crippen molar-refractivity contribution in [2.24, 2.45) is 0 Å². The fourth-order valence-electron chi connectivity index (χ4n) is 3.51. The lowest BCUT2D eigenvalue weighted by Gasteiger charge is -2.21. The minimum Gasteiger partial charge on any atom is -0.506 e. The van der Waals surface area contributed by atoms with Gasteiger partial charge in [-0.1, -0.05) is 12.1 Å². The van der Waals surface area contributed by atoms with Gasteiger partial charge in [-0.25, -0.2) is 4.98 Å². The molecule has 0 aliphatic rings. The normalized spacial score (nSPS) is 11.3. The van der Waals surface area contributed by atoms with E-state index in [0.29, 0.717) is 12.7 Å². The second-order valence-corrected chi connectivity index (χ2v) is 11.3. The summed E-state index contributed by atoms with van der Waals surface area (Å²) in [7, 11) is 1.35. The Balaban J connectivity index is 1.48. The standard InChI is InChI=1S/C26H20I2N6O3S/c1-34(14-29)25(37)21(12-15-10-19(27)23(35)20(28)11-15)32-24(36)17-4-2-16(3-5-17)22-13-38-26(33-22)31-18-6-8-30-9-7-18/h2-11,13,21,35H,12H2,1H3,(H,32,36)(H,30,31,33). The maximum absolute atomic E-state index is 13.1. The highest BCUT2D eigenvalue weighted by Gasteiger charge is 2.26.